The van der Waals surface area contributed by atoms with E-state index in [1.54, 1.807) is 11.3 Å². The van der Waals surface area contributed by atoms with Crippen molar-refractivity contribution in [3.8, 4) is 11.5 Å². The highest BCUT2D eigenvalue weighted by molar-refractivity contribution is 7.17. The lowest BCUT2D eigenvalue weighted by Crippen LogP contribution is -2.11. The monoisotopic (exact) mass is 273 g/mol. The first kappa shape index (κ1) is 12.3. The standard InChI is InChI=1S/C14H15N3OS/c1-2-5-11(15)13-16-14(18-17-13)10-8-19-12-7-4-3-6-9(10)12/h3-4,6-8,11H,2,5,15H2,1H3. The van der Waals surface area contributed by atoms with E-state index in [2.05, 4.69) is 29.2 Å². The second-order valence-corrected chi connectivity index (χ2v) is 5.41. The Labute approximate surface area is 115 Å². The van der Waals surface area contributed by atoms with Crippen molar-refractivity contribution in [3.05, 3.63) is 35.5 Å². The lowest BCUT2D eigenvalue weighted by molar-refractivity contribution is 0.413. The Morgan fingerprint density at radius 2 is 2.21 bits per heavy atom. The average Bonchev–Trinajstić information content (AvgIpc) is 3.05. The van der Waals surface area contributed by atoms with Crippen LogP contribution in [0.3, 0.4) is 0 Å². The molecule has 0 saturated carbocycles. The van der Waals surface area contributed by atoms with Crippen LogP contribution in [0.5, 0.6) is 0 Å². The predicted molar refractivity (Wildman–Crippen MR) is 77.0 cm³/mol. The van der Waals surface area contributed by atoms with E-state index in [0.29, 0.717) is 11.7 Å². The molecule has 4 nitrogen and oxygen atoms in total. The van der Waals surface area contributed by atoms with Crippen molar-refractivity contribution in [2.75, 3.05) is 0 Å². The van der Waals surface area contributed by atoms with Crippen LogP contribution >= 0.6 is 11.3 Å². The van der Waals surface area contributed by atoms with Gasteiger partial charge in [-0.3, -0.25) is 0 Å². The maximum atomic E-state index is 6.00. The van der Waals surface area contributed by atoms with E-state index in [4.69, 9.17) is 10.3 Å². The van der Waals surface area contributed by atoms with E-state index in [0.717, 1.165) is 23.8 Å². The number of nitrogens with two attached hydrogens (primary N) is 1. The molecular weight excluding hydrogens is 258 g/mol. The summed E-state index contributed by atoms with van der Waals surface area (Å²) in [5, 5.41) is 7.19. The zero-order chi connectivity index (χ0) is 13.2. The number of fused-ring (bicyclic) bond motifs is 1. The summed E-state index contributed by atoms with van der Waals surface area (Å²) in [7, 11) is 0. The molecule has 5 heteroatoms. The van der Waals surface area contributed by atoms with Crippen LogP contribution in [0.25, 0.3) is 21.5 Å². The second kappa shape index (κ2) is 5.11. The highest BCUT2D eigenvalue weighted by atomic mass is 32.1. The molecule has 2 aromatic heterocycles. The summed E-state index contributed by atoms with van der Waals surface area (Å²) in [6, 6.07) is 8.05. The summed E-state index contributed by atoms with van der Waals surface area (Å²) in [6.45, 7) is 2.09. The third-order valence-corrected chi connectivity index (χ3v) is 4.05. The number of aromatic nitrogens is 2. The first-order chi connectivity index (χ1) is 9.29. The third-order valence-electron chi connectivity index (χ3n) is 3.08. The van der Waals surface area contributed by atoms with E-state index in [1.807, 2.05) is 17.5 Å². The van der Waals surface area contributed by atoms with Crippen molar-refractivity contribution < 1.29 is 4.52 Å². The molecule has 0 fully saturated rings. The number of nitrogens with zero attached hydrogens (tertiary/aromatic N) is 2. The molecule has 0 aliphatic carbocycles. The summed E-state index contributed by atoms with van der Waals surface area (Å²) >= 11 is 1.68. The molecule has 1 atom stereocenters. The molecule has 0 aliphatic rings. The molecule has 98 valence electrons. The van der Waals surface area contributed by atoms with Crippen LogP contribution in [0.1, 0.15) is 31.6 Å². The van der Waals surface area contributed by atoms with E-state index >= 15 is 0 Å². The molecule has 0 spiro atoms. The van der Waals surface area contributed by atoms with Crippen LogP contribution in [0.15, 0.2) is 34.2 Å². The minimum absolute atomic E-state index is 0.146. The first-order valence-electron chi connectivity index (χ1n) is 6.35. The van der Waals surface area contributed by atoms with Crippen molar-refractivity contribution in [1.82, 2.24) is 10.1 Å². The molecule has 1 aromatic carbocycles. The molecule has 0 saturated heterocycles. The Morgan fingerprint density at radius 1 is 1.37 bits per heavy atom. The van der Waals surface area contributed by atoms with Gasteiger partial charge in [-0.1, -0.05) is 36.7 Å². The van der Waals surface area contributed by atoms with Crippen LogP contribution in [-0.2, 0) is 0 Å². The Kier molecular flexibility index (Phi) is 3.31. The average molecular weight is 273 g/mol. The van der Waals surface area contributed by atoms with Crippen molar-refractivity contribution >= 4 is 21.4 Å². The number of hydrogen-bond donors (Lipinski definition) is 1. The molecule has 0 amide bonds. The molecule has 0 aliphatic heterocycles. The summed E-state index contributed by atoms with van der Waals surface area (Å²) in [5.41, 5.74) is 6.99. The smallest absolute Gasteiger partial charge is 0.259 e. The number of thiophene rings is 1. The number of rotatable bonds is 4. The van der Waals surface area contributed by atoms with E-state index in [-0.39, 0.29) is 6.04 Å². The molecule has 0 bridgehead atoms. The molecule has 0 radical (unpaired) electrons. The fourth-order valence-electron chi connectivity index (χ4n) is 2.08. The molecule has 3 aromatic rings. The van der Waals surface area contributed by atoms with Crippen LogP contribution in [0.4, 0.5) is 0 Å². The van der Waals surface area contributed by atoms with Gasteiger partial charge < -0.3 is 10.3 Å². The largest absolute Gasteiger partial charge is 0.334 e. The van der Waals surface area contributed by atoms with Crippen LogP contribution in [-0.4, -0.2) is 10.1 Å². The van der Waals surface area contributed by atoms with Gasteiger partial charge in [-0.15, -0.1) is 11.3 Å². The molecule has 2 N–H and O–H groups in total. The Bertz CT molecular complexity index is 689. The van der Waals surface area contributed by atoms with Crippen molar-refractivity contribution in [1.29, 1.82) is 0 Å². The zero-order valence-corrected chi connectivity index (χ0v) is 11.5. The molecule has 19 heavy (non-hydrogen) atoms. The highest BCUT2D eigenvalue weighted by Crippen LogP contribution is 2.33. The van der Waals surface area contributed by atoms with Crippen LogP contribution in [0.2, 0.25) is 0 Å². The summed E-state index contributed by atoms with van der Waals surface area (Å²) in [5.74, 6) is 1.14. The minimum Gasteiger partial charge on any atom is -0.334 e. The van der Waals surface area contributed by atoms with Gasteiger partial charge in [0, 0.05) is 15.5 Å². The zero-order valence-electron chi connectivity index (χ0n) is 10.7. The minimum atomic E-state index is -0.146. The van der Waals surface area contributed by atoms with Gasteiger partial charge in [-0.25, -0.2) is 0 Å². The maximum Gasteiger partial charge on any atom is 0.259 e. The van der Waals surface area contributed by atoms with Gasteiger partial charge in [0.05, 0.1) is 11.6 Å². The van der Waals surface area contributed by atoms with Gasteiger partial charge in [0.1, 0.15) is 0 Å². The van der Waals surface area contributed by atoms with Crippen molar-refractivity contribution in [2.24, 2.45) is 5.73 Å². The van der Waals surface area contributed by atoms with Gasteiger partial charge in [0.25, 0.3) is 5.89 Å². The van der Waals surface area contributed by atoms with Gasteiger partial charge in [0.15, 0.2) is 5.82 Å². The normalized spacial score (nSPS) is 12.9. The van der Waals surface area contributed by atoms with E-state index < -0.39 is 0 Å². The second-order valence-electron chi connectivity index (χ2n) is 4.50. The van der Waals surface area contributed by atoms with Crippen LogP contribution in [0, 0.1) is 0 Å². The van der Waals surface area contributed by atoms with Gasteiger partial charge >= 0.3 is 0 Å². The fourth-order valence-corrected chi connectivity index (χ4v) is 3.01. The topological polar surface area (TPSA) is 64.9 Å². The third kappa shape index (κ3) is 2.27. The lowest BCUT2D eigenvalue weighted by atomic mass is 10.1. The Balaban J connectivity index is 1.98. The summed E-state index contributed by atoms with van der Waals surface area (Å²) < 4.78 is 6.57. The van der Waals surface area contributed by atoms with E-state index in [9.17, 15) is 0 Å². The number of hydrogen-bond acceptors (Lipinski definition) is 5. The molecule has 1 unspecified atom stereocenters. The maximum absolute atomic E-state index is 6.00. The van der Waals surface area contributed by atoms with Gasteiger partial charge in [-0.2, -0.15) is 4.98 Å². The molecular formula is C14H15N3OS. The Morgan fingerprint density at radius 3 is 3.05 bits per heavy atom. The fraction of sp³-hybridized carbons (Fsp3) is 0.286. The number of benzene rings is 1. The summed E-state index contributed by atoms with van der Waals surface area (Å²) in [6.07, 6.45) is 1.87. The first-order valence-corrected chi connectivity index (χ1v) is 7.23. The quantitative estimate of drug-likeness (QED) is 0.786. The Hall–Kier alpha value is -1.72. The summed E-state index contributed by atoms with van der Waals surface area (Å²) in [4.78, 5) is 4.43. The van der Waals surface area contributed by atoms with E-state index in [1.165, 1.54) is 4.70 Å². The van der Waals surface area contributed by atoms with Gasteiger partial charge in [-0.05, 0) is 12.5 Å². The molecule has 3 rings (SSSR count). The lowest BCUT2D eigenvalue weighted by Gasteiger charge is -2.02. The van der Waals surface area contributed by atoms with Gasteiger partial charge in [0.2, 0.25) is 0 Å². The predicted octanol–water partition coefficient (Wildman–Crippen LogP) is 3.75. The van der Waals surface area contributed by atoms with Crippen molar-refractivity contribution in [3.63, 3.8) is 0 Å². The highest BCUT2D eigenvalue weighted by Gasteiger charge is 2.16. The molecule has 2 heterocycles. The SMILES string of the molecule is CCCC(N)c1noc(-c2csc3ccccc23)n1. The van der Waals surface area contributed by atoms with Crippen LogP contribution < -0.4 is 5.73 Å². The van der Waals surface area contributed by atoms with Crippen molar-refractivity contribution in [2.45, 2.75) is 25.8 Å².